The molecule has 0 heterocycles. The molecule has 0 aliphatic heterocycles. The van der Waals surface area contributed by atoms with Gasteiger partial charge < -0.3 is 14.8 Å². The summed E-state index contributed by atoms with van der Waals surface area (Å²) in [4.78, 5) is 38.3. The molecule has 0 spiro atoms. The quantitative estimate of drug-likeness (QED) is 0.418. The molecule has 6 atom stereocenters. The standard InChI is InChI=1S/C24H37NO5/c1-15-16(13-20(27)30-12-11-25-4)7-8-17-21(15)18(26)14-19-23(17,2)9-6-10-24(19,3)22(28)29-5/h13,15,17,19,21,25H,6-12,14H2,1-5H3/b16-13-/t15-,17-,19-,21-,23+,24-/m0/s1. The van der Waals surface area contributed by atoms with Crippen LogP contribution in [0.25, 0.3) is 0 Å². The molecule has 0 aromatic rings. The zero-order chi connectivity index (χ0) is 22.1. The van der Waals surface area contributed by atoms with Gasteiger partial charge in [0.05, 0.1) is 12.5 Å². The SMILES string of the molecule is CNCCOC(=O)/C=C1/CC[C@H]2[C@@H](C(=O)C[C@H]3[C@]2(C)CCC[C@]3(C)C(=O)OC)[C@H]1C. The molecule has 3 fully saturated rings. The lowest BCUT2D eigenvalue weighted by molar-refractivity contribution is -0.178. The largest absolute Gasteiger partial charge is 0.469 e. The highest BCUT2D eigenvalue weighted by atomic mass is 16.5. The van der Waals surface area contributed by atoms with Crippen molar-refractivity contribution in [2.75, 3.05) is 27.3 Å². The van der Waals surface area contributed by atoms with Gasteiger partial charge in [0.2, 0.25) is 0 Å². The van der Waals surface area contributed by atoms with E-state index >= 15 is 0 Å². The smallest absolute Gasteiger partial charge is 0.330 e. The molecule has 0 aromatic carbocycles. The summed E-state index contributed by atoms with van der Waals surface area (Å²) in [6.07, 6.45) is 6.50. The van der Waals surface area contributed by atoms with E-state index < -0.39 is 5.41 Å². The van der Waals surface area contributed by atoms with E-state index in [4.69, 9.17) is 9.47 Å². The number of allylic oxidation sites excluding steroid dienone is 1. The molecule has 0 aromatic heterocycles. The number of rotatable bonds is 5. The van der Waals surface area contributed by atoms with E-state index in [9.17, 15) is 14.4 Å². The molecule has 0 amide bonds. The molecule has 0 unspecified atom stereocenters. The minimum atomic E-state index is -0.598. The molecule has 30 heavy (non-hydrogen) atoms. The lowest BCUT2D eigenvalue weighted by atomic mass is 9.43. The van der Waals surface area contributed by atoms with Crippen molar-refractivity contribution in [3.8, 4) is 0 Å². The molecular formula is C24H37NO5. The monoisotopic (exact) mass is 419 g/mol. The summed E-state index contributed by atoms with van der Waals surface area (Å²) in [5, 5.41) is 2.95. The summed E-state index contributed by atoms with van der Waals surface area (Å²) in [7, 11) is 3.26. The van der Waals surface area contributed by atoms with Crippen LogP contribution in [-0.4, -0.2) is 45.0 Å². The second kappa shape index (κ2) is 8.81. The third-order valence-corrected chi connectivity index (χ3v) is 8.45. The Balaban J connectivity index is 1.84. The number of methoxy groups -OCH3 is 1. The van der Waals surface area contributed by atoms with Crippen LogP contribution >= 0.6 is 0 Å². The summed E-state index contributed by atoms with van der Waals surface area (Å²) < 4.78 is 10.4. The normalized spacial score (nSPS) is 39.8. The fraction of sp³-hybridized carbons (Fsp3) is 0.792. The number of esters is 2. The minimum absolute atomic E-state index is 0.0178. The van der Waals surface area contributed by atoms with Gasteiger partial charge >= 0.3 is 11.9 Å². The van der Waals surface area contributed by atoms with Crippen molar-refractivity contribution in [2.24, 2.45) is 34.5 Å². The molecule has 6 nitrogen and oxygen atoms in total. The van der Waals surface area contributed by atoms with Gasteiger partial charge in [0.15, 0.2) is 0 Å². The van der Waals surface area contributed by atoms with Crippen molar-refractivity contribution in [2.45, 2.75) is 59.3 Å². The Hall–Kier alpha value is -1.69. The highest BCUT2D eigenvalue weighted by molar-refractivity contribution is 5.87. The van der Waals surface area contributed by atoms with Crippen molar-refractivity contribution < 1.29 is 23.9 Å². The number of carbonyl (C=O) groups is 3. The molecule has 3 rings (SSSR count). The number of nitrogens with one attached hydrogen (secondary N) is 1. The molecule has 0 saturated heterocycles. The van der Waals surface area contributed by atoms with Gasteiger partial charge in [0, 0.05) is 25.0 Å². The van der Waals surface area contributed by atoms with Gasteiger partial charge in [-0.15, -0.1) is 0 Å². The lowest BCUT2D eigenvalue weighted by Gasteiger charge is -2.60. The van der Waals surface area contributed by atoms with Gasteiger partial charge in [-0.2, -0.15) is 0 Å². The fourth-order valence-electron chi connectivity index (χ4n) is 6.83. The van der Waals surface area contributed by atoms with E-state index in [0.29, 0.717) is 19.6 Å². The predicted molar refractivity (Wildman–Crippen MR) is 114 cm³/mol. The summed E-state index contributed by atoms with van der Waals surface area (Å²) in [6.45, 7) is 7.31. The van der Waals surface area contributed by atoms with E-state index in [2.05, 4.69) is 19.2 Å². The zero-order valence-corrected chi connectivity index (χ0v) is 19.1. The van der Waals surface area contributed by atoms with Crippen LogP contribution in [0.4, 0.5) is 0 Å². The Morgan fingerprint density at radius 2 is 2.00 bits per heavy atom. The zero-order valence-electron chi connectivity index (χ0n) is 19.1. The van der Waals surface area contributed by atoms with Crippen LogP contribution in [0, 0.1) is 34.5 Å². The van der Waals surface area contributed by atoms with Crippen molar-refractivity contribution >= 4 is 17.7 Å². The maximum atomic E-state index is 13.4. The average Bonchev–Trinajstić information content (AvgIpc) is 2.71. The van der Waals surface area contributed by atoms with Crippen LogP contribution in [-0.2, 0) is 23.9 Å². The maximum Gasteiger partial charge on any atom is 0.330 e. The number of likely N-dealkylation sites (N-methyl/N-ethyl adjacent to an activating group) is 1. The first-order valence-electron chi connectivity index (χ1n) is 11.3. The van der Waals surface area contributed by atoms with Gasteiger partial charge in [0.25, 0.3) is 0 Å². The lowest BCUT2D eigenvalue weighted by Crippen LogP contribution is -2.59. The summed E-state index contributed by atoms with van der Waals surface area (Å²) >= 11 is 0. The van der Waals surface area contributed by atoms with Crippen LogP contribution < -0.4 is 5.32 Å². The third-order valence-electron chi connectivity index (χ3n) is 8.45. The molecule has 0 radical (unpaired) electrons. The number of ether oxygens (including phenoxy) is 2. The van der Waals surface area contributed by atoms with Crippen LogP contribution in [0.5, 0.6) is 0 Å². The van der Waals surface area contributed by atoms with Gasteiger partial charge in [-0.3, -0.25) is 9.59 Å². The Bertz CT molecular complexity index is 731. The van der Waals surface area contributed by atoms with Crippen molar-refractivity contribution in [1.29, 1.82) is 0 Å². The number of hydrogen-bond donors (Lipinski definition) is 1. The number of fused-ring (bicyclic) bond motifs is 3. The van der Waals surface area contributed by atoms with Crippen LogP contribution in [0.15, 0.2) is 11.6 Å². The first-order chi connectivity index (χ1) is 14.2. The van der Waals surface area contributed by atoms with Crippen molar-refractivity contribution in [3.05, 3.63) is 11.6 Å². The van der Waals surface area contributed by atoms with Gasteiger partial charge in [0.1, 0.15) is 12.4 Å². The van der Waals surface area contributed by atoms with Crippen LogP contribution in [0.1, 0.15) is 59.3 Å². The van der Waals surface area contributed by atoms with Gasteiger partial charge in [-0.25, -0.2) is 4.79 Å². The first kappa shape index (κ1) is 23.0. The number of hydrogen-bond acceptors (Lipinski definition) is 6. The number of carbonyl (C=O) groups excluding carboxylic acids is 3. The van der Waals surface area contributed by atoms with Gasteiger partial charge in [-0.1, -0.05) is 25.8 Å². The molecule has 1 N–H and O–H groups in total. The van der Waals surface area contributed by atoms with Crippen LogP contribution in [0.3, 0.4) is 0 Å². The Morgan fingerprint density at radius 3 is 2.67 bits per heavy atom. The highest BCUT2D eigenvalue weighted by Crippen LogP contribution is 2.64. The summed E-state index contributed by atoms with van der Waals surface area (Å²) in [5.74, 6) is -0.0772. The highest BCUT2D eigenvalue weighted by Gasteiger charge is 2.62. The molecule has 3 aliphatic rings. The second-order valence-electron chi connectivity index (χ2n) is 9.94. The fourth-order valence-corrected chi connectivity index (χ4v) is 6.83. The van der Waals surface area contributed by atoms with Crippen molar-refractivity contribution in [3.63, 3.8) is 0 Å². The Kier molecular flexibility index (Phi) is 6.75. The molecule has 6 heteroatoms. The van der Waals surface area contributed by atoms with Crippen molar-refractivity contribution in [1.82, 2.24) is 5.32 Å². The Labute approximate surface area is 180 Å². The topological polar surface area (TPSA) is 81.7 Å². The molecular weight excluding hydrogens is 382 g/mol. The van der Waals surface area contributed by atoms with E-state index in [0.717, 1.165) is 37.7 Å². The molecule has 3 aliphatic carbocycles. The second-order valence-corrected chi connectivity index (χ2v) is 9.94. The molecule has 168 valence electrons. The molecule has 3 saturated carbocycles. The third kappa shape index (κ3) is 3.83. The van der Waals surface area contributed by atoms with E-state index in [1.165, 1.54) is 7.11 Å². The van der Waals surface area contributed by atoms with E-state index in [1.807, 2.05) is 14.0 Å². The number of Topliss-reactive ketones (excluding diaryl/α,β-unsaturated/α-hetero) is 1. The summed E-state index contributed by atoms with van der Waals surface area (Å²) in [5.41, 5.74) is 0.360. The first-order valence-corrected chi connectivity index (χ1v) is 11.3. The summed E-state index contributed by atoms with van der Waals surface area (Å²) in [6, 6.07) is 0. The maximum absolute atomic E-state index is 13.4. The minimum Gasteiger partial charge on any atom is -0.469 e. The Morgan fingerprint density at radius 1 is 1.27 bits per heavy atom. The van der Waals surface area contributed by atoms with E-state index in [-0.39, 0.29) is 46.8 Å². The molecule has 0 bridgehead atoms. The van der Waals surface area contributed by atoms with Gasteiger partial charge in [-0.05, 0) is 62.8 Å². The van der Waals surface area contributed by atoms with E-state index in [1.54, 1.807) is 6.08 Å². The predicted octanol–water partition coefficient (Wildman–Crippen LogP) is 3.30. The average molecular weight is 420 g/mol. The van der Waals surface area contributed by atoms with Crippen LogP contribution in [0.2, 0.25) is 0 Å². The number of ketones is 1.